The van der Waals surface area contributed by atoms with Crippen LogP contribution in [0, 0.1) is 0 Å². The maximum atomic E-state index is 7.65. The molecule has 0 unspecified atom stereocenters. The molecule has 0 fully saturated rings. The summed E-state index contributed by atoms with van der Waals surface area (Å²) in [5, 5.41) is 3.14. The third kappa shape index (κ3) is 9.10. The highest BCUT2D eigenvalue weighted by Crippen LogP contribution is 1.67. The summed E-state index contributed by atoms with van der Waals surface area (Å²) in [6.45, 7) is 0.580. The Hall–Kier alpha value is -0.480. The lowest BCUT2D eigenvalue weighted by Gasteiger charge is -1.84. The molecule has 5 nitrogen and oxygen atoms in total. The Balaban J connectivity index is 0. The second-order valence-electron chi connectivity index (χ2n) is 0.825. The molecule has 0 aromatic carbocycles. The molecule has 0 saturated heterocycles. The van der Waals surface area contributed by atoms with Gasteiger partial charge in [-0.1, -0.05) is 5.11 Å². The Kier molecular flexibility index (Phi) is 12.8. The van der Waals surface area contributed by atoms with Gasteiger partial charge < -0.3 is 4.84 Å². The van der Waals surface area contributed by atoms with Crippen LogP contribution in [-0.4, -0.2) is 13.2 Å². The molecular formula is C2H7ClN4O. The highest BCUT2D eigenvalue weighted by Gasteiger charge is 1.73. The lowest BCUT2D eigenvalue weighted by Crippen LogP contribution is -2.02. The van der Waals surface area contributed by atoms with Gasteiger partial charge in [0.15, 0.2) is 0 Å². The van der Waals surface area contributed by atoms with Crippen molar-refractivity contribution in [1.82, 2.24) is 0 Å². The number of hydrogen-bond acceptors (Lipinski definition) is 3. The maximum absolute atomic E-state index is 7.65. The zero-order chi connectivity index (χ0) is 5.54. The number of nitrogens with zero attached hydrogens (tertiary/aromatic N) is 3. The van der Waals surface area contributed by atoms with Crippen LogP contribution in [0.25, 0.3) is 10.4 Å². The summed E-state index contributed by atoms with van der Waals surface area (Å²) in [6.07, 6.45) is 0. The van der Waals surface area contributed by atoms with Crippen molar-refractivity contribution in [2.45, 2.75) is 0 Å². The summed E-state index contributed by atoms with van der Waals surface area (Å²) in [6, 6.07) is 0. The van der Waals surface area contributed by atoms with E-state index in [1.54, 1.807) is 0 Å². The highest BCUT2D eigenvalue weighted by molar-refractivity contribution is 5.85. The third-order valence-corrected chi connectivity index (χ3v) is 0.372. The average Bonchev–Trinajstić information content (AvgIpc) is 1.69. The Morgan fingerprint density at radius 2 is 2.38 bits per heavy atom. The average molecular weight is 139 g/mol. The van der Waals surface area contributed by atoms with Crippen molar-refractivity contribution < 1.29 is 4.84 Å². The normalized spacial score (nSPS) is 6.62. The lowest BCUT2D eigenvalue weighted by molar-refractivity contribution is 0.146. The summed E-state index contributed by atoms with van der Waals surface area (Å²) in [7, 11) is 0. The SMILES string of the molecule is Cl.[N-]=[N+]=NCCON. The molecule has 6 heteroatoms. The first-order valence-electron chi connectivity index (χ1n) is 1.74. The van der Waals surface area contributed by atoms with E-state index in [-0.39, 0.29) is 19.0 Å². The molecule has 0 aromatic rings. The zero-order valence-corrected chi connectivity index (χ0v) is 4.97. The second kappa shape index (κ2) is 9.72. The van der Waals surface area contributed by atoms with Gasteiger partial charge in [-0.2, -0.15) is 0 Å². The minimum absolute atomic E-state index is 0. The quantitative estimate of drug-likeness (QED) is 0.204. The van der Waals surface area contributed by atoms with E-state index in [1.165, 1.54) is 0 Å². The van der Waals surface area contributed by atoms with Gasteiger partial charge in [-0.15, -0.1) is 12.4 Å². The van der Waals surface area contributed by atoms with Crippen molar-refractivity contribution in [3.8, 4) is 0 Å². The molecule has 0 spiro atoms. The predicted octanol–water partition coefficient (Wildman–Crippen LogP) is 0.609. The van der Waals surface area contributed by atoms with Crippen LogP contribution in [0.15, 0.2) is 5.11 Å². The number of hydrogen-bond donors (Lipinski definition) is 1. The van der Waals surface area contributed by atoms with Crippen LogP contribution < -0.4 is 5.90 Å². The largest absolute Gasteiger partial charge is 0.304 e. The zero-order valence-electron chi connectivity index (χ0n) is 4.15. The molecule has 0 rings (SSSR count). The standard InChI is InChI=1S/C2H6N4O.ClH/c3-6-5-1-2-7-4;/h1-2,4H2;1H. The molecule has 0 aromatic heterocycles. The van der Waals surface area contributed by atoms with Crippen molar-refractivity contribution in [2.24, 2.45) is 11.0 Å². The van der Waals surface area contributed by atoms with Crippen LogP contribution in [0.3, 0.4) is 0 Å². The number of rotatable bonds is 3. The van der Waals surface area contributed by atoms with E-state index < -0.39 is 0 Å². The fourth-order valence-electron chi connectivity index (χ4n) is 0.138. The van der Waals surface area contributed by atoms with E-state index in [2.05, 4.69) is 20.8 Å². The van der Waals surface area contributed by atoms with E-state index in [9.17, 15) is 0 Å². The number of azide groups is 1. The first-order valence-corrected chi connectivity index (χ1v) is 1.74. The number of nitrogens with two attached hydrogens (primary N) is 1. The molecule has 0 heterocycles. The predicted molar refractivity (Wildman–Crippen MR) is 31.4 cm³/mol. The minimum Gasteiger partial charge on any atom is -0.304 e. The van der Waals surface area contributed by atoms with Gasteiger partial charge in [-0.25, -0.2) is 5.90 Å². The first-order chi connectivity index (χ1) is 3.41. The smallest absolute Gasteiger partial charge is 0.0735 e. The molecular weight excluding hydrogens is 132 g/mol. The van der Waals surface area contributed by atoms with Gasteiger partial charge in [0.05, 0.1) is 13.2 Å². The molecule has 0 saturated carbocycles. The molecule has 0 amide bonds. The Bertz CT molecular complexity index is 80.1. The third-order valence-electron chi connectivity index (χ3n) is 0.372. The van der Waals surface area contributed by atoms with Crippen LogP contribution in [0.4, 0.5) is 0 Å². The van der Waals surface area contributed by atoms with Gasteiger partial charge in [-0.05, 0) is 5.53 Å². The fraction of sp³-hybridized carbons (Fsp3) is 1.00. The second-order valence-corrected chi connectivity index (χ2v) is 0.825. The van der Waals surface area contributed by atoms with Crippen molar-refractivity contribution in [2.75, 3.05) is 13.2 Å². The van der Waals surface area contributed by atoms with Crippen LogP contribution in [0.2, 0.25) is 0 Å². The van der Waals surface area contributed by atoms with Gasteiger partial charge in [-0.3, -0.25) is 0 Å². The van der Waals surface area contributed by atoms with Gasteiger partial charge >= 0.3 is 0 Å². The molecule has 0 aliphatic rings. The van der Waals surface area contributed by atoms with Gasteiger partial charge in [0.25, 0.3) is 0 Å². The summed E-state index contributed by atoms with van der Waals surface area (Å²) >= 11 is 0. The van der Waals surface area contributed by atoms with E-state index >= 15 is 0 Å². The maximum Gasteiger partial charge on any atom is 0.0735 e. The molecule has 0 aliphatic heterocycles. The Morgan fingerprint density at radius 3 is 2.75 bits per heavy atom. The summed E-state index contributed by atoms with van der Waals surface area (Å²) < 4.78 is 0. The molecule has 2 N–H and O–H groups in total. The molecule has 0 bridgehead atoms. The summed E-state index contributed by atoms with van der Waals surface area (Å²) in [5.74, 6) is 4.59. The Labute approximate surface area is 52.8 Å². The van der Waals surface area contributed by atoms with Gasteiger partial charge in [0.1, 0.15) is 0 Å². The van der Waals surface area contributed by atoms with Crippen molar-refractivity contribution in [3.63, 3.8) is 0 Å². The fourth-order valence-corrected chi connectivity index (χ4v) is 0.138. The van der Waals surface area contributed by atoms with E-state index in [4.69, 9.17) is 5.53 Å². The van der Waals surface area contributed by atoms with Crippen LogP contribution >= 0.6 is 12.4 Å². The molecule has 0 radical (unpaired) electrons. The van der Waals surface area contributed by atoms with Crippen LogP contribution in [0.5, 0.6) is 0 Å². The van der Waals surface area contributed by atoms with Crippen molar-refractivity contribution >= 4 is 12.4 Å². The van der Waals surface area contributed by atoms with Crippen LogP contribution in [-0.2, 0) is 4.84 Å². The minimum atomic E-state index is 0. The van der Waals surface area contributed by atoms with E-state index in [0.717, 1.165) is 0 Å². The molecule has 0 atom stereocenters. The summed E-state index contributed by atoms with van der Waals surface area (Å²) in [5.41, 5.74) is 7.65. The van der Waals surface area contributed by atoms with E-state index in [1.807, 2.05) is 0 Å². The van der Waals surface area contributed by atoms with Crippen LogP contribution in [0.1, 0.15) is 0 Å². The topological polar surface area (TPSA) is 84.0 Å². The molecule has 48 valence electrons. The van der Waals surface area contributed by atoms with Gasteiger partial charge in [0, 0.05) is 4.91 Å². The molecule has 0 aliphatic carbocycles. The first kappa shape index (κ1) is 10.5. The highest BCUT2D eigenvalue weighted by atomic mass is 35.5. The van der Waals surface area contributed by atoms with Gasteiger partial charge in [0.2, 0.25) is 0 Å². The Morgan fingerprint density at radius 1 is 1.75 bits per heavy atom. The molecule has 8 heavy (non-hydrogen) atoms. The van der Waals surface area contributed by atoms with E-state index in [0.29, 0.717) is 6.54 Å². The van der Waals surface area contributed by atoms with Crippen molar-refractivity contribution in [1.29, 1.82) is 0 Å². The monoisotopic (exact) mass is 138 g/mol. The summed E-state index contributed by atoms with van der Waals surface area (Å²) in [4.78, 5) is 6.54. The lowest BCUT2D eigenvalue weighted by atomic mass is 10.7. The number of halogens is 1. The van der Waals surface area contributed by atoms with Crippen molar-refractivity contribution in [3.05, 3.63) is 10.4 Å².